The lowest BCUT2D eigenvalue weighted by molar-refractivity contribution is 0.234. The molecule has 0 spiro atoms. The van der Waals surface area contributed by atoms with Crippen LogP contribution in [0.4, 0.5) is 10.5 Å². The average Bonchev–Trinajstić information content (AvgIpc) is 2.47. The summed E-state index contributed by atoms with van der Waals surface area (Å²) in [5.74, 6) is 0.659. The Morgan fingerprint density at radius 3 is 2.27 bits per heavy atom. The Kier molecular flexibility index (Phi) is 5.52. The minimum absolute atomic E-state index is 0.0555. The molecule has 0 heterocycles. The maximum absolute atomic E-state index is 11.7. The molecule has 0 saturated carbocycles. The van der Waals surface area contributed by atoms with Crippen molar-refractivity contribution < 1.29 is 9.53 Å². The number of hydrogen-bond donors (Lipinski definition) is 2. The number of carbonyl (C=O) groups excluding carboxylic acids is 1. The minimum Gasteiger partial charge on any atom is -0.473 e. The molecule has 22 heavy (non-hydrogen) atoms. The van der Waals surface area contributed by atoms with Crippen molar-refractivity contribution in [3.05, 3.63) is 57.6 Å². The van der Waals surface area contributed by atoms with Crippen LogP contribution in [-0.2, 0) is 0 Å². The number of hydrogen-bond acceptors (Lipinski definition) is 2. The fourth-order valence-electron chi connectivity index (χ4n) is 1.88. The molecule has 2 amide bonds. The standard InChI is InChI=1S/C16H16Cl2N2O2/c1-10-7-14(8-11(2)15(10)18)22-9-19-16(21)20-13-5-3-12(17)4-6-13/h3-8H,9H2,1-2H3,(H2,19,20,21). The predicted octanol–water partition coefficient (Wildman–Crippen LogP) is 4.77. The summed E-state index contributed by atoms with van der Waals surface area (Å²) < 4.78 is 5.50. The van der Waals surface area contributed by atoms with E-state index in [9.17, 15) is 4.79 Å². The van der Waals surface area contributed by atoms with Crippen LogP contribution in [0, 0.1) is 13.8 Å². The molecule has 4 nitrogen and oxygen atoms in total. The van der Waals surface area contributed by atoms with Crippen LogP contribution in [0.15, 0.2) is 36.4 Å². The van der Waals surface area contributed by atoms with Gasteiger partial charge in [0.2, 0.25) is 0 Å². The van der Waals surface area contributed by atoms with Gasteiger partial charge in [-0.3, -0.25) is 0 Å². The molecule has 0 atom stereocenters. The normalized spacial score (nSPS) is 10.2. The molecular formula is C16H16Cl2N2O2. The van der Waals surface area contributed by atoms with Crippen molar-refractivity contribution >= 4 is 34.9 Å². The quantitative estimate of drug-likeness (QED) is 0.789. The van der Waals surface area contributed by atoms with Crippen LogP contribution in [0.25, 0.3) is 0 Å². The molecule has 2 rings (SSSR count). The van der Waals surface area contributed by atoms with Gasteiger partial charge in [-0.25, -0.2) is 4.79 Å². The van der Waals surface area contributed by atoms with Gasteiger partial charge >= 0.3 is 6.03 Å². The zero-order valence-corrected chi connectivity index (χ0v) is 13.8. The Bertz CT molecular complexity index is 649. The van der Waals surface area contributed by atoms with E-state index < -0.39 is 0 Å². The molecule has 6 heteroatoms. The number of halogens is 2. The lowest BCUT2D eigenvalue weighted by atomic mass is 10.1. The number of benzene rings is 2. The Morgan fingerprint density at radius 2 is 1.68 bits per heavy atom. The van der Waals surface area contributed by atoms with Gasteiger partial charge < -0.3 is 15.4 Å². The largest absolute Gasteiger partial charge is 0.473 e. The summed E-state index contributed by atoms with van der Waals surface area (Å²) in [6, 6.07) is 10.1. The molecule has 2 N–H and O–H groups in total. The smallest absolute Gasteiger partial charge is 0.321 e. The number of ether oxygens (including phenoxy) is 1. The van der Waals surface area contributed by atoms with Crippen molar-refractivity contribution in [2.45, 2.75) is 13.8 Å². The molecular weight excluding hydrogens is 323 g/mol. The Labute approximate surface area is 139 Å². The van der Waals surface area contributed by atoms with E-state index in [1.807, 2.05) is 26.0 Å². The zero-order valence-electron chi connectivity index (χ0n) is 12.2. The van der Waals surface area contributed by atoms with Crippen LogP contribution in [0.5, 0.6) is 5.75 Å². The van der Waals surface area contributed by atoms with Crippen molar-refractivity contribution in [2.75, 3.05) is 12.0 Å². The van der Waals surface area contributed by atoms with Gasteiger partial charge in [0.1, 0.15) is 5.75 Å². The van der Waals surface area contributed by atoms with Gasteiger partial charge in [0.15, 0.2) is 6.73 Å². The van der Waals surface area contributed by atoms with Gasteiger partial charge in [0, 0.05) is 15.7 Å². The maximum Gasteiger partial charge on any atom is 0.321 e. The first-order valence-electron chi connectivity index (χ1n) is 6.65. The fourth-order valence-corrected chi connectivity index (χ4v) is 2.12. The van der Waals surface area contributed by atoms with Gasteiger partial charge in [-0.2, -0.15) is 0 Å². The molecule has 116 valence electrons. The highest BCUT2D eigenvalue weighted by atomic mass is 35.5. The summed E-state index contributed by atoms with van der Waals surface area (Å²) in [6.45, 7) is 3.87. The van der Waals surface area contributed by atoms with Gasteiger partial charge in [-0.05, 0) is 61.4 Å². The van der Waals surface area contributed by atoms with E-state index in [2.05, 4.69) is 10.6 Å². The Hall–Kier alpha value is -1.91. The fraction of sp³-hybridized carbons (Fsp3) is 0.188. The zero-order chi connectivity index (χ0) is 16.1. The molecule has 2 aromatic carbocycles. The lowest BCUT2D eigenvalue weighted by Crippen LogP contribution is -2.32. The van der Waals surface area contributed by atoms with Crippen molar-refractivity contribution in [2.24, 2.45) is 0 Å². The molecule has 2 aromatic rings. The number of aryl methyl sites for hydroxylation is 2. The second-order valence-electron chi connectivity index (χ2n) is 4.80. The number of urea groups is 1. The predicted molar refractivity (Wildman–Crippen MR) is 90.0 cm³/mol. The molecule has 0 aromatic heterocycles. The third kappa shape index (κ3) is 4.55. The van der Waals surface area contributed by atoms with E-state index in [0.717, 1.165) is 16.1 Å². The Balaban J connectivity index is 1.83. The highest BCUT2D eigenvalue weighted by Gasteiger charge is 2.05. The van der Waals surface area contributed by atoms with Gasteiger partial charge in [-0.15, -0.1) is 0 Å². The molecule has 0 aliphatic carbocycles. The van der Waals surface area contributed by atoms with Crippen LogP contribution in [0.2, 0.25) is 10.0 Å². The van der Waals surface area contributed by atoms with Crippen LogP contribution < -0.4 is 15.4 Å². The van der Waals surface area contributed by atoms with E-state index >= 15 is 0 Å². The van der Waals surface area contributed by atoms with E-state index in [-0.39, 0.29) is 12.8 Å². The molecule has 0 fully saturated rings. The van der Waals surface area contributed by atoms with Gasteiger partial charge in [0.25, 0.3) is 0 Å². The average molecular weight is 339 g/mol. The highest BCUT2D eigenvalue weighted by Crippen LogP contribution is 2.25. The van der Waals surface area contributed by atoms with Crippen molar-refractivity contribution in [1.82, 2.24) is 5.32 Å². The second kappa shape index (κ2) is 7.38. The van der Waals surface area contributed by atoms with E-state index in [1.165, 1.54) is 0 Å². The molecule has 0 radical (unpaired) electrons. The van der Waals surface area contributed by atoms with Crippen LogP contribution >= 0.6 is 23.2 Å². The molecule has 0 bridgehead atoms. The first kappa shape index (κ1) is 16.5. The van der Waals surface area contributed by atoms with Crippen LogP contribution in [-0.4, -0.2) is 12.8 Å². The monoisotopic (exact) mass is 338 g/mol. The molecule has 0 unspecified atom stereocenters. The summed E-state index contributed by atoms with van der Waals surface area (Å²) in [6.07, 6.45) is 0. The summed E-state index contributed by atoms with van der Waals surface area (Å²) >= 11 is 11.9. The number of rotatable bonds is 4. The summed E-state index contributed by atoms with van der Waals surface area (Å²) in [7, 11) is 0. The topological polar surface area (TPSA) is 50.4 Å². The lowest BCUT2D eigenvalue weighted by Gasteiger charge is -2.11. The van der Waals surface area contributed by atoms with Crippen LogP contribution in [0.3, 0.4) is 0 Å². The van der Waals surface area contributed by atoms with E-state index in [4.69, 9.17) is 27.9 Å². The number of carbonyl (C=O) groups is 1. The van der Waals surface area contributed by atoms with E-state index in [1.54, 1.807) is 24.3 Å². The van der Waals surface area contributed by atoms with Gasteiger partial charge in [-0.1, -0.05) is 23.2 Å². The van der Waals surface area contributed by atoms with Crippen LogP contribution in [0.1, 0.15) is 11.1 Å². The van der Waals surface area contributed by atoms with Gasteiger partial charge in [0.05, 0.1) is 0 Å². The number of amides is 2. The first-order valence-corrected chi connectivity index (χ1v) is 7.41. The Morgan fingerprint density at radius 1 is 1.09 bits per heavy atom. The van der Waals surface area contributed by atoms with Crippen molar-refractivity contribution in [1.29, 1.82) is 0 Å². The third-order valence-corrected chi connectivity index (χ3v) is 3.83. The van der Waals surface area contributed by atoms with Crippen molar-refractivity contribution in [3.8, 4) is 5.75 Å². The number of anilines is 1. The molecule has 0 saturated heterocycles. The SMILES string of the molecule is Cc1cc(OCNC(=O)Nc2ccc(Cl)cc2)cc(C)c1Cl. The maximum atomic E-state index is 11.7. The minimum atomic E-state index is -0.357. The summed E-state index contributed by atoms with van der Waals surface area (Å²) in [4.78, 5) is 11.7. The second-order valence-corrected chi connectivity index (χ2v) is 5.61. The third-order valence-electron chi connectivity index (χ3n) is 2.98. The number of nitrogens with one attached hydrogen (secondary N) is 2. The molecule has 0 aliphatic heterocycles. The first-order chi connectivity index (χ1) is 10.5. The van der Waals surface area contributed by atoms with Crippen molar-refractivity contribution in [3.63, 3.8) is 0 Å². The molecule has 0 aliphatic rings. The highest BCUT2D eigenvalue weighted by molar-refractivity contribution is 6.32. The summed E-state index contributed by atoms with van der Waals surface area (Å²) in [5, 5.41) is 6.62. The summed E-state index contributed by atoms with van der Waals surface area (Å²) in [5.41, 5.74) is 2.52. The van der Waals surface area contributed by atoms with E-state index in [0.29, 0.717) is 16.5 Å².